The Bertz CT molecular complexity index is 666. The predicted molar refractivity (Wildman–Crippen MR) is 93.7 cm³/mol. The Morgan fingerprint density at radius 1 is 1.04 bits per heavy atom. The molecule has 0 fully saturated rings. The third-order valence-corrected chi connectivity index (χ3v) is 3.71. The van der Waals surface area contributed by atoms with Crippen LogP contribution in [-0.4, -0.2) is 23.9 Å². The van der Waals surface area contributed by atoms with Crippen LogP contribution in [-0.2, 0) is 6.61 Å². The molecule has 4 heteroatoms. The smallest absolute Gasteiger partial charge is 0.253 e. The summed E-state index contributed by atoms with van der Waals surface area (Å²) >= 11 is 0. The summed E-state index contributed by atoms with van der Waals surface area (Å²) in [4.78, 5) is 14.5. The molecule has 0 unspecified atom stereocenters. The highest BCUT2D eigenvalue weighted by Gasteiger charge is 2.14. The minimum absolute atomic E-state index is 0.00930. The van der Waals surface area contributed by atoms with Gasteiger partial charge in [-0.2, -0.15) is 0 Å². The Hall–Kier alpha value is -2.36. The number of halogens is 1. The average molecular weight is 329 g/mol. The van der Waals surface area contributed by atoms with Crippen LogP contribution in [0.2, 0.25) is 0 Å². The maximum Gasteiger partial charge on any atom is 0.253 e. The highest BCUT2D eigenvalue weighted by atomic mass is 19.1. The van der Waals surface area contributed by atoms with Gasteiger partial charge < -0.3 is 9.64 Å². The van der Waals surface area contributed by atoms with Crippen LogP contribution in [0.3, 0.4) is 0 Å². The van der Waals surface area contributed by atoms with E-state index >= 15 is 0 Å². The Balaban J connectivity index is 2.07. The second kappa shape index (κ2) is 9.06. The summed E-state index contributed by atoms with van der Waals surface area (Å²) in [6.45, 7) is 5.74. The minimum Gasteiger partial charge on any atom is -0.489 e. The molecule has 0 aliphatic heterocycles. The van der Waals surface area contributed by atoms with Crippen LogP contribution in [0.25, 0.3) is 0 Å². The van der Waals surface area contributed by atoms with Gasteiger partial charge in [0.25, 0.3) is 5.91 Å². The Morgan fingerprint density at radius 3 is 2.42 bits per heavy atom. The van der Waals surface area contributed by atoms with Crippen molar-refractivity contribution in [3.05, 3.63) is 65.5 Å². The minimum atomic E-state index is -0.290. The summed E-state index contributed by atoms with van der Waals surface area (Å²) in [6, 6.07) is 13.6. The average Bonchev–Trinajstić information content (AvgIpc) is 2.60. The molecule has 3 nitrogen and oxygen atoms in total. The molecule has 0 radical (unpaired) electrons. The molecular formula is C20H24FNO2. The van der Waals surface area contributed by atoms with Crippen molar-refractivity contribution < 1.29 is 13.9 Å². The first-order chi connectivity index (χ1) is 11.7. The second-order valence-electron chi connectivity index (χ2n) is 5.70. The van der Waals surface area contributed by atoms with Crippen molar-refractivity contribution in [3.8, 4) is 5.75 Å². The molecule has 0 atom stereocenters. The monoisotopic (exact) mass is 329 g/mol. The van der Waals surface area contributed by atoms with E-state index in [-0.39, 0.29) is 18.3 Å². The molecule has 0 aliphatic carbocycles. The van der Waals surface area contributed by atoms with Crippen LogP contribution in [0.4, 0.5) is 4.39 Å². The van der Waals surface area contributed by atoms with Gasteiger partial charge in [0.1, 0.15) is 18.2 Å². The number of carbonyl (C=O) groups excluding carboxylic acids is 1. The third-order valence-electron chi connectivity index (χ3n) is 3.71. The van der Waals surface area contributed by atoms with Gasteiger partial charge in [0.05, 0.1) is 0 Å². The zero-order valence-corrected chi connectivity index (χ0v) is 14.3. The summed E-state index contributed by atoms with van der Waals surface area (Å²) in [6.07, 6.45) is 1.85. The van der Waals surface area contributed by atoms with E-state index in [4.69, 9.17) is 4.74 Å². The van der Waals surface area contributed by atoms with E-state index in [0.717, 1.165) is 25.9 Å². The van der Waals surface area contributed by atoms with E-state index in [0.29, 0.717) is 16.9 Å². The van der Waals surface area contributed by atoms with E-state index in [9.17, 15) is 9.18 Å². The SMILES string of the molecule is CCCN(CCC)C(=O)c1cccc(OCc2ccccc2F)c1. The molecule has 0 saturated heterocycles. The predicted octanol–water partition coefficient (Wildman–Crippen LogP) is 4.67. The number of nitrogens with zero attached hydrogens (tertiary/aromatic N) is 1. The molecule has 0 heterocycles. The van der Waals surface area contributed by atoms with Crippen LogP contribution >= 0.6 is 0 Å². The number of ether oxygens (including phenoxy) is 1. The van der Waals surface area contributed by atoms with Crippen molar-refractivity contribution in [2.24, 2.45) is 0 Å². The molecular weight excluding hydrogens is 305 g/mol. The van der Waals surface area contributed by atoms with E-state index in [1.54, 1.807) is 42.5 Å². The van der Waals surface area contributed by atoms with Crippen molar-refractivity contribution in [1.29, 1.82) is 0 Å². The fourth-order valence-corrected chi connectivity index (χ4v) is 2.53. The van der Waals surface area contributed by atoms with E-state index < -0.39 is 0 Å². The van der Waals surface area contributed by atoms with Gasteiger partial charge in [-0.15, -0.1) is 0 Å². The van der Waals surface area contributed by atoms with E-state index in [2.05, 4.69) is 13.8 Å². The molecule has 2 aromatic carbocycles. The summed E-state index contributed by atoms with van der Waals surface area (Å²) in [5, 5.41) is 0. The lowest BCUT2D eigenvalue weighted by Crippen LogP contribution is -2.32. The molecule has 0 N–H and O–H groups in total. The quantitative estimate of drug-likeness (QED) is 0.704. The van der Waals surface area contributed by atoms with Crippen LogP contribution < -0.4 is 4.74 Å². The third kappa shape index (κ3) is 4.82. The van der Waals surface area contributed by atoms with Crippen LogP contribution in [0.15, 0.2) is 48.5 Å². The summed E-state index contributed by atoms with van der Waals surface area (Å²) in [5.41, 5.74) is 1.09. The number of benzene rings is 2. The highest BCUT2D eigenvalue weighted by molar-refractivity contribution is 5.94. The lowest BCUT2D eigenvalue weighted by Gasteiger charge is -2.21. The van der Waals surface area contributed by atoms with Gasteiger partial charge in [-0.1, -0.05) is 38.1 Å². The molecule has 24 heavy (non-hydrogen) atoms. The van der Waals surface area contributed by atoms with Crippen molar-refractivity contribution in [3.63, 3.8) is 0 Å². The standard InChI is InChI=1S/C20H24FNO2/c1-3-12-22(13-4-2)20(23)16-9-7-10-18(14-16)24-15-17-8-5-6-11-19(17)21/h5-11,14H,3-4,12-13,15H2,1-2H3. The van der Waals surface area contributed by atoms with E-state index in [1.165, 1.54) is 6.07 Å². The first-order valence-corrected chi connectivity index (χ1v) is 8.41. The van der Waals surface area contributed by atoms with Crippen molar-refractivity contribution in [1.82, 2.24) is 4.90 Å². The summed E-state index contributed by atoms with van der Waals surface area (Å²) in [7, 11) is 0. The molecule has 1 amide bonds. The fraction of sp³-hybridized carbons (Fsp3) is 0.350. The molecule has 0 bridgehead atoms. The summed E-state index contributed by atoms with van der Waals surface area (Å²) in [5.74, 6) is 0.286. The Kier molecular flexibility index (Phi) is 6.79. The first-order valence-electron chi connectivity index (χ1n) is 8.41. The van der Waals surface area contributed by atoms with Gasteiger partial charge in [-0.3, -0.25) is 4.79 Å². The topological polar surface area (TPSA) is 29.5 Å². The largest absolute Gasteiger partial charge is 0.489 e. The molecule has 2 aromatic rings. The number of amides is 1. The maximum absolute atomic E-state index is 13.6. The first kappa shape index (κ1) is 18.0. The lowest BCUT2D eigenvalue weighted by molar-refractivity contribution is 0.0755. The number of carbonyl (C=O) groups is 1. The molecule has 128 valence electrons. The van der Waals surface area contributed by atoms with Crippen molar-refractivity contribution in [2.75, 3.05) is 13.1 Å². The van der Waals surface area contributed by atoms with Crippen LogP contribution in [0.5, 0.6) is 5.75 Å². The molecule has 0 saturated carbocycles. The van der Waals surface area contributed by atoms with Gasteiger partial charge in [0.2, 0.25) is 0 Å². The normalized spacial score (nSPS) is 10.5. The van der Waals surface area contributed by atoms with E-state index in [1.807, 2.05) is 4.90 Å². The van der Waals surface area contributed by atoms with Crippen LogP contribution in [0, 0.1) is 5.82 Å². The number of hydrogen-bond donors (Lipinski definition) is 0. The number of hydrogen-bond acceptors (Lipinski definition) is 2. The number of rotatable bonds is 8. The molecule has 2 rings (SSSR count). The zero-order chi connectivity index (χ0) is 17.4. The Labute approximate surface area is 143 Å². The van der Waals surface area contributed by atoms with Crippen molar-refractivity contribution >= 4 is 5.91 Å². The zero-order valence-electron chi connectivity index (χ0n) is 14.3. The van der Waals surface area contributed by atoms with Gasteiger partial charge in [-0.05, 0) is 37.1 Å². The lowest BCUT2D eigenvalue weighted by atomic mass is 10.1. The van der Waals surface area contributed by atoms with Crippen molar-refractivity contribution in [2.45, 2.75) is 33.3 Å². The van der Waals surface area contributed by atoms with Gasteiger partial charge >= 0.3 is 0 Å². The second-order valence-corrected chi connectivity index (χ2v) is 5.70. The van der Waals surface area contributed by atoms with Gasteiger partial charge in [-0.25, -0.2) is 4.39 Å². The molecule has 0 spiro atoms. The highest BCUT2D eigenvalue weighted by Crippen LogP contribution is 2.18. The molecule has 0 aliphatic rings. The van der Waals surface area contributed by atoms with Gasteiger partial charge in [0.15, 0.2) is 0 Å². The van der Waals surface area contributed by atoms with Crippen LogP contribution in [0.1, 0.15) is 42.6 Å². The summed E-state index contributed by atoms with van der Waals surface area (Å²) < 4.78 is 19.3. The fourth-order valence-electron chi connectivity index (χ4n) is 2.53. The molecule has 0 aromatic heterocycles. The maximum atomic E-state index is 13.6. The van der Waals surface area contributed by atoms with Gasteiger partial charge in [0, 0.05) is 24.2 Å². The Morgan fingerprint density at radius 2 is 1.75 bits per heavy atom.